The second-order valence-corrected chi connectivity index (χ2v) is 7.16. The number of benzene rings is 2. The van der Waals surface area contributed by atoms with Crippen LogP contribution in [0.4, 0.5) is 10.5 Å². The molecular formula is C21H26N2O4. The zero-order valence-corrected chi connectivity index (χ0v) is 16.1. The van der Waals surface area contributed by atoms with Crippen LogP contribution in [0.5, 0.6) is 0 Å². The van der Waals surface area contributed by atoms with Crippen molar-refractivity contribution in [1.29, 1.82) is 0 Å². The van der Waals surface area contributed by atoms with E-state index in [9.17, 15) is 14.7 Å². The third kappa shape index (κ3) is 5.23. The van der Waals surface area contributed by atoms with Crippen molar-refractivity contribution in [2.75, 3.05) is 19.0 Å². The summed E-state index contributed by atoms with van der Waals surface area (Å²) in [6.45, 7) is 3.28. The van der Waals surface area contributed by atoms with E-state index in [1.165, 1.54) is 0 Å². The lowest BCUT2D eigenvalue weighted by atomic mass is 9.80. The summed E-state index contributed by atoms with van der Waals surface area (Å²) in [5.74, 6) is -1.01. The molecule has 2 aromatic rings. The van der Waals surface area contributed by atoms with Crippen molar-refractivity contribution < 1.29 is 19.4 Å². The van der Waals surface area contributed by atoms with E-state index >= 15 is 0 Å². The number of nitrogens with one attached hydrogen (secondary N) is 1. The molecule has 2 aromatic carbocycles. The van der Waals surface area contributed by atoms with Crippen molar-refractivity contribution in [3.8, 4) is 0 Å². The predicted octanol–water partition coefficient (Wildman–Crippen LogP) is 3.83. The molecule has 1 atom stereocenters. The maximum absolute atomic E-state index is 12.4. The third-order valence-electron chi connectivity index (χ3n) is 4.47. The van der Waals surface area contributed by atoms with Gasteiger partial charge in [0.05, 0.1) is 11.5 Å². The van der Waals surface area contributed by atoms with Crippen LogP contribution in [0.3, 0.4) is 0 Å². The van der Waals surface area contributed by atoms with E-state index in [0.717, 1.165) is 11.3 Å². The highest BCUT2D eigenvalue weighted by molar-refractivity contribution is 5.77. The van der Waals surface area contributed by atoms with Gasteiger partial charge in [-0.05, 0) is 37.1 Å². The Morgan fingerprint density at radius 3 is 2.37 bits per heavy atom. The van der Waals surface area contributed by atoms with Crippen molar-refractivity contribution in [1.82, 2.24) is 5.32 Å². The van der Waals surface area contributed by atoms with Gasteiger partial charge < -0.3 is 20.1 Å². The van der Waals surface area contributed by atoms with Crippen LogP contribution in [-0.4, -0.2) is 31.3 Å². The molecule has 2 N–H and O–H groups in total. The summed E-state index contributed by atoms with van der Waals surface area (Å²) in [6, 6.07) is 16.0. The Labute approximate surface area is 159 Å². The number of anilines is 1. The first-order valence-electron chi connectivity index (χ1n) is 8.69. The number of ether oxygens (including phenoxy) is 1. The van der Waals surface area contributed by atoms with Gasteiger partial charge in [-0.3, -0.25) is 4.79 Å². The third-order valence-corrected chi connectivity index (χ3v) is 4.47. The van der Waals surface area contributed by atoms with E-state index in [4.69, 9.17) is 4.74 Å². The number of hydrogen-bond acceptors (Lipinski definition) is 4. The Hall–Kier alpha value is -3.02. The molecule has 0 aliphatic heterocycles. The van der Waals surface area contributed by atoms with Crippen LogP contribution in [0.2, 0.25) is 0 Å². The highest BCUT2D eigenvalue weighted by Crippen LogP contribution is 2.35. The molecular weight excluding hydrogens is 344 g/mol. The van der Waals surface area contributed by atoms with Crippen LogP contribution in [0, 0.1) is 5.41 Å². The Balaban J connectivity index is 2.21. The van der Waals surface area contributed by atoms with Crippen molar-refractivity contribution in [3.05, 3.63) is 65.7 Å². The number of carboxylic acids is 1. The molecule has 0 fully saturated rings. The van der Waals surface area contributed by atoms with Crippen molar-refractivity contribution in [2.24, 2.45) is 5.41 Å². The van der Waals surface area contributed by atoms with Gasteiger partial charge in [-0.1, -0.05) is 42.5 Å². The number of carbonyl (C=O) groups is 2. The standard InChI is InChI=1S/C21H26N2O4/c1-21(2,19(24)25)18(16-11-8-12-17(13-16)23(3)4)22-20(26)27-14-15-9-6-5-7-10-15/h5-13,18H,14H2,1-4H3,(H,22,26)(H,24,25)/t18-/m0/s1. The Kier molecular flexibility index (Phi) is 6.45. The molecule has 0 aliphatic carbocycles. The van der Waals surface area contributed by atoms with Crippen LogP contribution in [0.25, 0.3) is 0 Å². The summed E-state index contributed by atoms with van der Waals surface area (Å²) in [4.78, 5) is 26.1. The molecule has 0 spiro atoms. The van der Waals surface area contributed by atoms with E-state index in [0.29, 0.717) is 5.56 Å². The predicted molar refractivity (Wildman–Crippen MR) is 105 cm³/mol. The van der Waals surface area contributed by atoms with Crippen LogP contribution in [0.1, 0.15) is 31.0 Å². The molecule has 0 aliphatic rings. The fourth-order valence-electron chi connectivity index (χ4n) is 2.67. The number of carboxylic acid groups (broad SMARTS) is 1. The summed E-state index contributed by atoms with van der Waals surface area (Å²) in [7, 11) is 3.80. The first-order chi connectivity index (χ1) is 12.7. The fraction of sp³-hybridized carbons (Fsp3) is 0.333. The molecule has 0 unspecified atom stereocenters. The van der Waals surface area contributed by atoms with Crippen molar-refractivity contribution >= 4 is 17.7 Å². The van der Waals surface area contributed by atoms with E-state index in [2.05, 4.69) is 5.32 Å². The molecule has 1 amide bonds. The maximum Gasteiger partial charge on any atom is 0.407 e. The molecule has 144 valence electrons. The number of hydrogen-bond donors (Lipinski definition) is 2. The molecule has 0 saturated carbocycles. The minimum absolute atomic E-state index is 0.116. The minimum atomic E-state index is -1.23. The van der Waals surface area contributed by atoms with Crippen LogP contribution < -0.4 is 10.2 Å². The average molecular weight is 370 g/mol. The van der Waals surface area contributed by atoms with Gasteiger partial charge in [0.2, 0.25) is 0 Å². The van der Waals surface area contributed by atoms with Gasteiger partial charge in [-0.25, -0.2) is 4.79 Å². The van der Waals surface area contributed by atoms with Gasteiger partial charge in [-0.2, -0.15) is 0 Å². The highest BCUT2D eigenvalue weighted by atomic mass is 16.5. The molecule has 27 heavy (non-hydrogen) atoms. The summed E-state index contributed by atoms with van der Waals surface area (Å²) in [5.41, 5.74) is 1.25. The van der Waals surface area contributed by atoms with E-state index < -0.39 is 23.5 Å². The Morgan fingerprint density at radius 2 is 1.78 bits per heavy atom. The minimum Gasteiger partial charge on any atom is -0.481 e. The lowest BCUT2D eigenvalue weighted by molar-refractivity contribution is -0.148. The Morgan fingerprint density at radius 1 is 1.11 bits per heavy atom. The van der Waals surface area contributed by atoms with Crippen molar-refractivity contribution in [2.45, 2.75) is 26.5 Å². The molecule has 6 nitrogen and oxygen atoms in total. The number of rotatable bonds is 7. The molecule has 0 radical (unpaired) electrons. The van der Waals surface area contributed by atoms with E-state index in [1.807, 2.05) is 67.5 Å². The fourth-order valence-corrected chi connectivity index (χ4v) is 2.67. The smallest absolute Gasteiger partial charge is 0.407 e. The summed E-state index contributed by atoms with van der Waals surface area (Å²) in [6.07, 6.45) is -0.659. The topological polar surface area (TPSA) is 78.9 Å². The highest BCUT2D eigenvalue weighted by Gasteiger charge is 2.39. The molecule has 0 saturated heterocycles. The number of nitrogens with zero attached hydrogens (tertiary/aromatic N) is 1. The number of amides is 1. The molecule has 2 rings (SSSR count). The number of alkyl carbamates (subject to hydrolysis) is 1. The zero-order chi connectivity index (χ0) is 20.0. The SMILES string of the molecule is CN(C)c1cccc([C@H](NC(=O)OCc2ccccc2)C(C)(C)C(=O)O)c1. The maximum atomic E-state index is 12.4. The lowest BCUT2D eigenvalue weighted by Crippen LogP contribution is -2.42. The lowest BCUT2D eigenvalue weighted by Gasteiger charge is -2.31. The van der Waals surface area contributed by atoms with Gasteiger partial charge >= 0.3 is 12.1 Å². The first kappa shape index (κ1) is 20.3. The second kappa shape index (κ2) is 8.58. The Bertz CT molecular complexity index is 788. The molecule has 0 heterocycles. The normalized spacial score (nSPS) is 12.1. The van der Waals surface area contributed by atoms with Gasteiger partial charge in [0.25, 0.3) is 0 Å². The number of aliphatic carboxylic acids is 1. The van der Waals surface area contributed by atoms with E-state index in [1.54, 1.807) is 19.9 Å². The summed E-state index contributed by atoms with van der Waals surface area (Å²) >= 11 is 0. The molecule has 0 bridgehead atoms. The monoisotopic (exact) mass is 370 g/mol. The van der Waals surface area contributed by atoms with E-state index in [-0.39, 0.29) is 6.61 Å². The van der Waals surface area contributed by atoms with Gasteiger partial charge in [-0.15, -0.1) is 0 Å². The van der Waals surface area contributed by atoms with Crippen LogP contribution in [-0.2, 0) is 16.1 Å². The van der Waals surface area contributed by atoms with Crippen LogP contribution >= 0.6 is 0 Å². The van der Waals surface area contributed by atoms with Crippen LogP contribution in [0.15, 0.2) is 54.6 Å². The summed E-state index contributed by atoms with van der Waals surface area (Å²) < 4.78 is 5.28. The van der Waals surface area contributed by atoms with Gasteiger partial charge in [0.1, 0.15) is 6.61 Å². The summed E-state index contributed by atoms with van der Waals surface area (Å²) in [5, 5.41) is 12.4. The van der Waals surface area contributed by atoms with Crippen molar-refractivity contribution in [3.63, 3.8) is 0 Å². The average Bonchev–Trinajstić information content (AvgIpc) is 2.65. The number of carbonyl (C=O) groups excluding carboxylic acids is 1. The quantitative estimate of drug-likeness (QED) is 0.774. The first-order valence-corrected chi connectivity index (χ1v) is 8.69. The second-order valence-electron chi connectivity index (χ2n) is 7.16. The van der Waals surface area contributed by atoms with Gasteiger partial charge in [0, 0.05) is 19.8 Å². The zero-order valence-electron chi connectivity index (χ0n) is 16.1. The molecule has 6 heteroatoms. The van der Waals surface area contributed by atoms with Gasteiger partial charge in [0.15, 0.2) is 0 Å². The molecule has 0 aromatic heterocycles. The largest absolute Gasteiger partial charge is 0.481 e.